The number of rotatable bonds is 9. The maximum atomic E-state index is 12.5. The first kappa shape index (κ1) is 21.5. The van der Waals surface area contributed by atoms with Gasteiger partial charge in [0.1, 0.15) is 18.7 Å². The van der Waals surface area contributed by atoms with E-state index in [1.54, 1.807) is 20.8 Å². The molecule has 1 aromatic carbocycles. The lowest BCUT2D eigenvalue weighted by Gasteiger charge is -2.26. The zero-order valence-corrected chi connectivity index (χ0v) is 15.7. The van der Waals surface area contributed by atoms with Crippen LogP contribution in [0.25, 0.3) is 0 Å². The minimum atomic E-state index is -1.10. The Morgan fingerprint density at radius 1 is 1.04 bits per heavy atom. The second-order valence-electron chi connectivity index (χ2n) is 6.64. The first-order valence-corrected chi connectivity index (χ1v) is 8.76. The van der Waals surface area contributed by atoms with Crippen LogP contribution in [0.4, 0.5) is 4.79 Å². The van der Waals surface area contributed by atoms with E-state index >= 15 is 0 Å². The molecule has 0 aliphatic heterocycles. The quantitative estimate of drug-likeness (QED) is 0.625. The molecule has 1 rings (SSSR count). The average Bonchev–Trinajstić information content (AvgIpc) is 2.61. The van der Waals surface area contributed by atoms with Crippen LogP contribution in [-0.4, -0.2) is 35.2 Å². The molecule has 0 bridgehead atoms. The van der Waals surface area contributed by atoms with Gasteiger partial charge in [-0.3, -0.25) is 4.79 Å². The fraction of sp³-hybridized carbons (Fsp3) is 0.526. The van der Waals surface area contributed by atoms with Crippen molar-refractivity contribution < 1.29 is 24.2 Å². The molecule has 0 saturated carbocycles. The molecule has 0 aliphatic carbocycles. The lowest BCUT2D eigenvalue weighted by Crippen LogP contribution is -2.55. The summed E-state index contributed by atoms with van der Waals surface area (Å²) in [5.41, 5.74) is 0.830. The summed E-state index contributed by atoms with van der Waals surface area (Å²) in [6.07, 6.45) is -0.117. The van der Waals surface area contributed by atoms with Crippen molar-refractivity contribution in [2.75, 3.05) is 0 Å². The minimum absolute atomic E-state index is 0.0870. The Hall–Kier alpha value is -2.57. The second-order valence-corrected chi connectivity index (χ2v) is 6.64. The Morgan fingerprint density at radius 3 is 2.15 bits per heavy atom. The zero-order valence-electron chi connectivity index (χ0n) is 15.7. The van der Waals surface area contributed by atoms with Gasteiger partial charge in [0.2, 0.25) is 5.91 Å². The summed E-state index contributed by atoms with van der Waals surface area (Å²) >= 11 is 0. The molecule has 1 aromatic rings. The Bertz CT molecular complexity index is 603. The van der Waals surface area contributed by atoms with E-state index in [1.807, 2.05) is 37.3 Å². The largest absolute Gasteiger partial charge is 0.480 e. The molecule has 0 spiro atoms. The molecule has 0 radical (unpaired) electrons. The Labute approximate surface area is 154 Å². The van der Waals surface area contributed by atoms with Crippen molar-refractivity contribution in [2.24, 2.45) is 11.8 Å². The Balaban J connectivity index is 2.67. The third-order valence-corrected chi connectivity index (χ3v) is 4.21. The van der Waals surface area contributed by atoms with E-state index in [-0.39, 0.29) is 18.4 Å². The van der Waals surface area contributed by atoms with E-state index in [9.17, 15) is 19.5 Å². The minimum Gasteiger partial charge on any atom is -0.480 e. The molecule has 0 fully saturated rings. The number of nitrogens with one attached hydrogen (secondary N) is 2. The Morgan fingerprint density at radius 2 is 1.65 bits per heavy atom. The maximum Gasteiger partial charge on any atom is 0.408 e. The molecule has 2 amide bonds. The molecule has 7 nitrogen and oxygen atoms in total. The van der Waals surface area contributed by atoms with Crippen molar-refractivity contribution in [3.05, 3.63) is 35.9 Å². The molecule has 1 unspecified atom stereocenters. The van der Waals surface area contributed by atoms with Gasteiger partial charge in [0.05, 0.1) is 0 Å². The highest BCUT2D eigenvalue weighted by Crippen LogP contribution is 2.10. The predicted molar refractivity (Wildman–Crippen MR) is 97.4 cm³/mol. The first-order valence-electron chi connectivity index (χ1n) is 8.76. The number of carboxylic acid groups (broad SMARTS) is 1. The lowest BCUT2D eigenvalue weighted by atomic mass is 9.97. The van der Waals surface area contributed by atoms with Crippen LogP contribution in [0.15, 0.2) is 30.3 Å². The van der Waals surface area contributed by atoms with Gasteiger partial charge in [-0.2, -0.15) is 0 Å². The third-order valence-electron chi connectivity index (χ3n) is 4.21. The van der Waals surface area contributed by atoms with Crippen molar-refractivity contribution in [1.82, 2.24) is 10.6 Å². The van der Waals surface area contributed by atoms with Crippen molar-refractivity contribution in [1.29, 1.82) is 0 Å². The molecule has 0 aromatic heterocycles. The maximum absolute atomic E-state index is 12.5. The van der Waals surface area contributed by atoms with Gasteiger partial charge in [-0.25, -0.2) is 9.59 Å². The fourth-order valence-electron chi connectivity index (χ4n) is 2.35. The van der Waals surface area contributed by atoms with E-state index in [0.29, 0.717) is 6.42 Å². The monoisotopic (exact) mass is 364 g/mol. The zero-order chi connectivity index (χ0) is 19.7. The first-order chi connectivity index (χ1) is 12.3. The number of benzene rings is 1. The molecule has 7 heteroatoms. The summed E-state index contributed by atoms with van der Waals surface area (Å²) in [7, 11) is 0. The van der Waals surface area contributed by atoms with Gasteiger partial charge in [0, 0.05) is 0 Å². The summed E-state index contributed by atoms with van der Waals surface area (Å²) < 4.78 is 5.13. The molecule has 0 heterocycles. The van der Waals surface area contributed by atoms with Crippen LogP contribution in [0.2, 0.25) is 0 Å². The predicted octanol–water partition coefficient (Wildman–Crippen LogP) is 2.55. The molecule has 0 saturated heterocycles. The van der Waals surface area contributed by atoms with Gasteiger partial charge in [-0.05, 0) is 17.4 Å². The normalized spacial score (nSPS) is 14.2. The van der Waals surface area contributed by atoms with Crippen LogP contribution in [0, 0.1) is 11.8 Å². The number of amides is 2. The van der Waals surface area contributed by atoms with Crippen LogP contribution in [0.1, 0.15) is 39.7 Å². The van der Waals surface area contributed by atoms with Gasteiger partial charge in [0.25, 0.3) is 0 Å². The van der Waals surface area contributed by atoms with Crippen molar-refractivity contribution in [3.8, 4) is 0 Å². The number of ether oxygens (including phenoxy) is 1. The van der Waals surface area contributed by atoms with E-state index in [4.69, 9.17) is 4.74 Å². The van der Waals surface area contributed by atoms with Gasteiger partial charge >= 0.3 is 12.1 Å². The van der Waals surface area contributed by atoms with Gasteiger partial charge in [0.15, 0.2) is 0 Å². The number of hydrogen-bond donors (Lipinski definition) is 3. The molecule has 26 heavy (non-hydrogen) atoms. The molecular formula is C19H28N2O5. The molecule has 0 aliphatic rings. The number of carboxylic acids is 1. The van der Waals surface area contributed by atoms with Crippen molar-refractivity contribution in [3.63, 3.8) is 0 Å². The van der Waals surface area contributed by atoms with E-state index in [0.717, 1.165) is 5.56 Å². The average molecular weight is 364 g/mol. The van der Waals surface area contributed by atoms with Crippen molar-refractivity contribution >= 4 is 18.0 Å². The Kier molecular flexibility index (Phi) is 8.61. The lowest BCUT2D eigenvalue weighted by molar-refractivity contribution is -0.143. The van der Waals surface area contributed by atoms with Gasteiger partial charge in [-0.1, -0.05) is 64.4 Å². The highest BCUT2D eigenvalue weighted by molar-refractivity contribution is 5.89. The second kappa shape index (κ2) is 10.4. The number of carbonyl (C=O) groups excluding carboxylic acids is 2. The SMILES string of the molecule is CCC(C)[C@@H](NC(=O)[C@H](NC(=O)OCc1ccccc1)C(C)C)C(=O)O. The van der Waals surface area contributed by atoms with Gasteiger partial charge < -0.3 is 20.5 Å². The van der Waals surface area contributed by atoms with Crippen LogP contribution < -0.4 is 10.6 Å². The van der Waals surface area contributed by atoms with Crippen LogP contribution in [0.3, 0.4) is 0 Å². The van der Waals surface area contributed by atoms with Crippen LogP contribution in [0.5, 0.6) is 0 Å². The van der Waals surface area contributed by atoms with E-state index in [1.165, 1.54) is 0 Å². The van der Waals surface area contributed by atoms with E-state index in [2.05, 4.69) is 10.6 Å². The van der Waals surface area contributed by atoms with Crippen LogP contribution in [-0.2, 0) is 20.9 Å². The van der Waals surface area contributed by atoms with Crippen molar-refractivity contribution in [2.45, 2.75) is 52.8 Å². The number of carbonyl (C=O) groups is 3. The fourth-order valence-corrected chi connectivity index (χ4v) is 2.35. The summed E-state index contributed by atoms with van der Waals surface area (Å²) in [5.74, 6) is -2.09. The number of hydrogen-bond acceptors (Lipinski definition) is 4. The molecule has 3 N–H and O–H groups in total. The molecule has 144 valence electrons. The summed E-state index contributed by atoms with van der Waals surface area (Å²) in [5, 5.41) is 14.4. The highest BCUT2D eigenvalue weighted by Gasteiger charge is 2.31. The summed E-state index contributed by atoms with van der Waals surface area (Å²) in [4.78, 5) is 35.9. The summed E-state index contributed by atoms with van der Waals surface area (Å²) in [6, 6.07) is 7.29. The van der Waals surface area contributed by atoms with Crippen LogP contribution >= 0.6 is 0 Å². The van der Waals surface area contributed by atoms with E-state index < -0.39 is 30.1 Å². The number of alkyl carbamates (subject to hydrolysis) is 1. The molecule has 3 atom stereocenters. The smallest absolute Gasteiger partial charge is 0.408 e. The highest BCUT2D eigenvalue weighted by atomic mass is 16.5. The topological polar surface area (TPSA) is 105 Å². The molecular weight excluding hydrogens is 336 g/mol. The summed E-state index contributed by atoms with van der Waals surface area (Å²) in [6.45, 7) is 7.22. The number of aliphatic carboxylic acids is 1. The van der Waals surface area contributed by atoms with Gasteiger partial charge in [-0.15, -0.1) is 0 Å². The standard InChI is InChI=1S/C19H28N2O5/c1-5-13(4)16(18(23)24)20-17(22)15(12(2)3)21-19(25)26-11-14-9-7-6-8-10-14/h6-10,12-13,15-16H,5,11H2,1-4H3,(H,20,22)(H,21,25)(H,23,24)/t13?,15-,16-/m1/s1. The third kappa shape index (κ3) is 6.74.